The summed E-state index contributed by atoms with van der Waals surface area (Å²) in [7, 11) is 0. The normalized spacial score (nSPS) is 10.3. The van der Waals surface area contributed by atoms with Crippen molar-refractivity contribution in [2.24, 2.45) is 0 Å². The average Bonchev–Trinajstić information content (AvgIpc) is 2.48. The Hall–Kier alpha value is -2.49. The number of rotatable bonds is 7. The number of benzene rings is 2. The van der Waals surface area contributed by atoms with E-state index in [-0.39, 0.29) is 11.3 Å². The van der Waals surface area contributed by atoms with Crippen LogP contribution in [0, 0.1) is 0 Å². The van der Waals surface area contributed by atoms with E-state index in [1.807, 2.05) is 30.3 Å². The van der Waals surface area contributed by atoms with Crippen molar-refractivity contribution in [3.63, 3.8) is 0 Å². The van der Waals surface area contributed by atoms with Gasteiger partial charge in [-0.15, -0.1) is 0 Å². The number of para-hydroxylation sites is 1. The first-order valence-corrected chi connectivity index (χ1v) is 6.90. The molecule has 0 aliphatic heterocycles. The summed E-state index contributed by atoms with van der Waals surface area (Å²) in [6.45, 7) is 0.589. The van der Waals surface area contributed by atoms with Gasteiger partial charge in [-0.25, -0.2) is 4.79 Å². The Kier molecular flexibility index (Phi) is 5.21. The van der Waals surface area contributed by atoms with Crippen molar-refractivity contribution in [1.82, 2.24) is 0 Å². The molecule has 110 valence electrons. The van der Waals surface area contributed by atoms with Gasteiger partial charge in [0.2, 0.25) is 0 Å². The number of aryl methyl sites for hydroxylation is 1. The van der Waals surface area contributed by atoms with Crippen molar-refractivity contribution in [2.75, 3.05) is 6.61 Å². The molecule has 0 radical (unpaired) electrons. The number of carboxylic acid groups (broad SMARTS) is 1. The van der Waals surface area contributed by atoms with Gasteiger partial charge in [-0.1, -0.05) is 18.2 Å². The number of hydrogen-bond acceptors (Lipinski definition) is 3. The van der Waals surface area contributed by atoms with Gasteiger partial charge >= 0.3 is 5.97 Å². The molecule has 0 fully saturated rings. The Morgan fingerprint density at radius 3 is 2.52 bits per heavy atom. The third-order valence-electron chi connectivity index (χ3n) is 3.17. The highest BCUT2D eigenvalue weighted by Crippen LogP contribution is 2.19. The zero-order valence-electron chi connectivity index (χ0n) is 11.7. The summed E-state index contributed by atoms with van der Waals surface area (Å²) in [5.74, 6) is -0.0397. The minimum Gasteiger partial charge on any atom is -0.508 e. The van der Waals surface area contributed by atoms with E-state index in [1.165, 1.54) is 18.2 Å². The number of phenolic OH excluding ortho intramolecular Hbond substituents is 1. The second kappa shape index (κ2) is 7.33. The minimum absolute atomic E-state index is 0.0931. The molecule has 21 heavy (non-hydrogen) atoms. The predicted octanol–water partition coefficient (Wildman–Crippen LogP) is 3.49. The van der Waals surface area contributed by atoms with E-state index >= 15 is 0 Å². The average molecular weight is 286 g/mol. The molecule has 0 aromatic heterocycles. The van der Waals surface area contributed by atoms with Crippen molar-refractivity contribution in [2.45, 2.75) is 19.3 Å². The molecule has 0 spiro atoms. The fraction of sp³-hybridized carbons (Fsp3) is 0.235. The summed E-state index contributed by atoms with van der Waals surface area (Å²) < 4.78 is 5.58. The lowest BCUT2D eigenvalue weighted by atomic mass is 10.0. The van der Waals surface area contributed by atoms with Crippen LogP contribution >= 0.6 is 0 Å². The Bertz CT molecular complexity index is 593. The predicted molar refractivity (Wildman–Crippen MR) is 79.9 cm³/mol. The smallest absolute Gasteiger partial charge is 0.335 e. The number of hydrogen-bond donors (Lipinski definition) is 2. The van der Waals surface area contributed by atoms with Crippen molar-refractivity contribution in [3.05, 3.63) is 59.7 Å². The molecule has 2 N–H and O–H groups in total. The van der Waals surface area contributed by atoms with Crippen LogP contribution in [0.5, 0.6) is 11.5 Å². The van der Waals surface area contributed by atoms with Gasteiger partial charge in [-0.3, -0.25) is 0 Å². The van der Waals surface area contributed by atoms with E-state index in [2.05, 4.69) is 0 Å². The van der Waals surface area contributed by atoms with Crippen LogP contribution < -0.4 is 4.74 Å². The molecule has 0 saturated carbocycles. The summed E-state index contributed by atoms with van der Waals surface area (Å²) in [6.07, 6.45) is 2.23. The van der Waals surface area contributed by atoms with Crippen LogP contribution in [0.1, 0.15) is 28.8 Å². The highest BCUT2D eigenvalue weighted by molar-refractivity contribution is 5.89. The fourth-order valence-corrected chi connectivity index (χ4v) is 2.12. The number of unbranched alkanes of at least 4 members (excludes halogenated alkanes) is 1. The van der Waals surface area contributed by atoms with Crippen LogP contribution in [0.25, 0.3) is 0 Å². The van der Waals surface area contributed by atoms with Gasteiger partial charge in [0.1, 0.15) is 11.5 Å². The van der Waals surface area contributed by atoms with E-state index in [0.29, 0.717) is 18.6 Å². The number of aromatic carboxylic acids is 1. The summed E-state index contributed by atoms with van der Waals surface area (Å²) in [6, 6.07) is 13.9. The van der Waals surface area contributed by atoms with Crippen LogP contribution in [-0.2, 0) is 6.42 Å². The quantitative estimate of drug-likeness (QED) is 0.765. The molecule has 0 heterocycles. The summed E-state index contributed by atoms with van der Waals surface area (Å²) >= 11 is 0. The van der Waals surface area contributed by atoms with Crippen LogP contribution in [0.15, 0.2) is 48.5 Å². The maximum atomic E-state index is 11.1. The number of phenols is 1. The molecule has 0 aliphatic carbocycles. The molecule has 4 heteroatoms. The molecule has 0 atom stereocenters. The topological polar surface area (TPSA) is 66.8 Å². The summed E-state index contributed by atoms with van der Waals surface area (Å²) in [4.78, 5) is 11.1. The molecular weight excluding hydrogens is 268 g/mol. The summed E-state index contributed by atoms with van der Waals surface area (Å²) in [5.41, 5.74) is 0.902. The zero-order valence-corrected chi connectivity index (χ0v) is 11.7. The van der Waals surface area contributed by atoms with Gasteiger partial charge < -0.3 is 14.9 Å². The Balaban J connectivity index is 1.81. The van der Waals surface area contributed by atoms with E-state index < -0.39 is 5.97 Å². The molecule has 0 saturated heterocycles. The van der Waals surface area contributed by atoms with E-state index in [4.69, 9.17) is 9.84 Å². The van der Waals surface area contributed by atoms with Crippen molar-refractivity contribution in [3.8, 4) is 11.5 Å². The number of aromatic hydroxyl groups is 1. The largest absolute Gasteiger partial charge is 0.508 e. The van der Waals surface area contributed by atoms with Gasteiger partial charge in [0, 0.05) is 0 Å². The van der Waals surface area contributed by atoms with Gasteiger partial charge in [0.25, 0.3) is 0 Å². The molecule has 2 aromatic carbocycles. The lowest BCUT2D eigenvalue weighted by Gasteiger charge is -2.08. The number of carboxylic acids is 1. The van der Waals surface area contributed by atoms with Crippen LogP contribution in [0.4, 0.5) is 0 Å². The molecular formula is C17H18O4. The van der Waals surface area contributed by atoms with Crippen molar-refractivity contribution >= 4 is 5.97 Å². The molecule has 0 amide bonds. The Morgan fingerprint density at radius 2 is 1.81 bits per heavy atom. The fourth-order valence-electron chi connectivity index (χ4n) is 2.12. The van der Waals surface area contributed by atoms with Crippen LogP contribution in [0.2, 0.25) is 0 Å². The second-order valence-corrected chi connectivity index (χ2v) is 4.77. The van der Waals surface area contributed by atoms with Crippen LogP contribution in [0.3, 0.4) is 0 Å². The van der Waals surface area contributed by atoms with E-state index in [0.717, 1.165) is 18.6 Å². The lowest BCUT2D eigenvalue weighted by Crippen LogP contribution is -2.03. The van der Waals surface area contributed by atoms with Gasteiger partial charge in [-0.2, -0.15) is 0 Å². The minimum atomic E-state index is -0.967. The highest BCUT2D eigenvalue weighted by atomic mass is 16.5. The van der Waals surface area contributed by atoms with Crippen molar-refractivity contribution in [1.29, 1.82) is 0 Å². The van der Waals surface area contributed by atoms with E-state index in [9.17, 15) is 9.90 Å². The van der Waals surface area contributed by atoms with Gasteiger partial charge in [-0.05, 0) is 55.2 Å². The molecule has 0 bridgehead atoms. The molecule has 4 nitrogen and oxygen atoms in total. The zero-order chi connectivity index (χ0) is 15.1. The maximum Gasteiger partial charge on any atom is 0.335 e. The highest BCUT2D eigenvalue weighted by Gasteiger charge is 2.10. The molecule has 2 rings (SSSR count). The number of ether oxygens (including phenoxy) is 1. The maximum absolute atomic E-state index is 11.1. The third-order valence-corrected chi connectivity index (χ3v) is 3.17. The Morgan fingerprint density at radius 1 is 1.05 bits per heavy atom. The second-order valence-electron chi connectivity index (χ2n) is 4.77. The van der Waals surface area contributed by atoms with Gasteiger partial charge in [0.05, 0.1) is 12.2 Å². The van der Waals surface area contributed by atoms with Crippen molar-refractivity contribution < 1.29 is 19.7 Å². The SMILES string of the molecule is O=C(O)c1ccc(O)cc1CCCCOc1ccccc1. The Labute approximate surface area is 123 Å². The summed E-state index contributed by atoms with van der Waals surface area (Å²) in [5, 5.41) is 18.6. The monoisotopic (exact) mass is 286 g/mol. The first-order valence-electron chi connectivity index (χ1n) is 6.90. The molecule has 0 unspecified atom stereocenters. The molecule has 0 aliphatic rings. The first kappa shape index (κ1) is 14.9. The van der Waals surface area contributed by atoms with Crippen LogP contribution in [-0.4, -0.2) is 22.8 Å². The molecule has 2 aromatic rings. The standard InChI is InChI=1S/C17H18O4/c18-14-9-10-16(17(19)20)13(12-14)6-4-5-11-21-15-7-2-1-3-8-15/h1-3,7-10,12,18H,4-6,11H2,(H,19,20). The lowest BCUT2D eigenvalue weighted by molar-refractivity contribution is 0.0695. The third kappa shape index (κ3) is 4.53. The van der Waals surface area contributed by atoms with E-state index in [1.54, 1.807) is 0 Å². The first-order chi connectivity index (χ1) is 10.2. The number of carbonyl (C=O) groups is 1. The van der Waals surface area contributed by atoms with Gasteiger partial charge in [0.15, 0.2) is 0 Å².